The third-order valence-electron chi connectivity index (χ3n) is 9.82. The van der Waals surface area contributed by atoms with E-state index < -0.39 is 88.1 Å². The van der Waals surface area contributed by atoms with Gasteiger partial charge in [-0.15, -0.1) is 0 Å². The van der Waals surface area contributed by atoms with Crippen LogP contribution in [0.1, 0.15) is 56.3 Å². The largest absolute Gasteiger partial charge is 0.547 e. The fourth-order valence-corrected chi connectivity index (χ4v) is 7.11. The lowest BCUT2D eigenvalue weighted by molar-refractivity contribution is -0.123. The summed E-state index contributed by atoms with van der Waals surface area (Å²) < 4.78 is 34.2. The number of carboxylic acids is 1. The number of carboxylic acid groups (broad SMARTS) is 1. The third kappa shape index (κ3) is 7.47. The van der Waals surface area contributed by atoms with Crippen molar-refractivity contribution in [3.8, 4) is 23.0 Å². The summed E-state index contributed by atoms with van der Waals surface area (Å²) in [6, 6.07) is 2.90. The number of rotatable bonds is 8. The second-order valence-corrected chi connectivity index (χ2v) is 13.5. The summed E-state index contributed by atoms with van der Waals surface area (Å²) in [5.41, 5.74) is 5.05. The van der Waals surface area contributed by atoms with Crippen molar-refractivity contribution in [2.45, 2.75) is 43.8 Å². The van der Waals surface area contributed by atoms with E-state index in [-0.39, 0.29) is 68.0 Å². The average molecular weight is 787 g/mol. The van der Waals surface area contributed by atoms with Gasteiger partial charge in [-0.3, -0.25) is 9.59 Å². The van der Waals surface area contributed by atoms with Gasteiger partial charge < -0.3 is 56.3 Å². The van der Waals surface area contributed by atoms with E-state index >= 15 is 0 Å². The van der Waals surface area contributed by atoms with Crippen LogP contribution >= 0.6 is 11.6 Å². The Morgan fingerprint density at radius 2 is 1.71 bits per heavy atom. The Labute approximate surface area is 316 Å². The SMILES string of the molecule is NCc1ccc(C(=O)N2CCC(N3CCN(C(=O)NC(C(=O)N[C@H]4Cc5ccc(F)c(C(=O)O)c5OB4O)c4cc(F)c(O)c(O)c4Cl)C3=O)CC2)cc1O. The maximum Gasteiger partial charge on any atom is 0.547 e. The van der Waals surface area contributed by atoms with E-state index in [2.05, 4.69) is 10.6 Å². The number of hydrogen-bond acceptors (Lipinski definition) is 11. The number of nitrogens with one attached hydrogen (secondary N) is 2. The number of halogens is 3. The number of imide groups is 1. The monoisotopic (exact) mass is 786 g/mol. The molecule has 0 bridgehead atoms. The first-order valence-electron chi connectivity index (χ1n) is 16.9. The van der Waals surface area contributed by atoms with Gasteiger partial charge in [0.1, 0.15) is 28.9 Å². The van der Waals surface area contributed by atoms with Gasteiger partial charge in [0.05, 0.1) is 11.0 Å². The van der Waals surface area contributed by atoms with Crippen LogP contribution in [0.15, 0.2) is 36.4 Å². The van der Waals surface area contributed by atoms with Gasteiger partial charge in [-0.2, -0.15) is 0 Å². The molecule has 2 fully saturated rings. The number of carbonyl (C=O) groups excluding carboxylic acids is 4. The van der Waals surface area contributed by atoms with Crippen LogP contribution in [-0.4, -0.2) is 115 Å². The summed E-state index contributed by atoms with van der Waals surface area (Å²) in [6.07, 6.45) is 0.434. The van der Waals surface area contributed by atoms with Crippen LogP contribution in [-0.2, 0) is 17.8 Å². The van der Waals surface area contributed by atoms with E-state index in [1.165, 1.54) is 17.0 Å². The van der Waals surface area contributed by atoms with Gasteiger partial charge in [-0.25, -0.2) is 28.1 Å². The Bertz CT molecular complexity index is 2090. The molecule has 3 aromatic rings. The molecule has 9 N–H and O–H groups in total. The highest BCUT2D eigenvalue weighted by Gasteiger charge is 2.43. The summed E-state index contributed by atoms with van der Waals surface area (Å²) in [7, 11) is -1.94. The van der Waals surface area contributed by atoms with E-state index in [1.807, 2.05) is 0 Å². The zero-order valence-electron chi connectivity index (χ0n) is 28.7. The molecular formula is C34H34BClF2N6O11. The second-order valence-electron chi connectivity index (χ2n) is 13.1. The molecule has 55 heavy (non-hydrogen) atoms. The molecule has 3 aliphatic rings. The quantitative estimate of drug-likeness (QED) is 0.120. The van der Waals surface area contributed by atoms with Crippen molar-refractivity contribution >= 4 is 48.6 Å². The number of benzene rings is 3. The number of aromatic carboxylic acids is 1. The molecule has 3 heterocycles. The number of hydrogen-bond donors (Lipinski definition) is 8. The molecule has 290 valence electrons. The van der Waals surface area contributed by atoms with Crippen LogP contribution in [0.4, 0.5) is 18.4 Å². The molecule has 3 aromatic carbocycles. The van der Waals surface area contributed by atoms with Gasteiger partial charge in [-0.05, 0) is 49.1 Å². The maximum atomic E-state index is 14.7. The number of phenols is 3. The molecule has 1 unspecified atom stereocenters. The van der Waals surface area contributed by atoms with Crippen molar-refractivity contribution < 1.29 is 62.9 Å². The first-order chi connectivity index (χ1) is 26.1. The molecule has 0 radical (unpaired) electrons. The lowest BCUT2D eigenvalue weighted by Gasteiger charge is -2.36. The van der Waals surface area contributed by atoms with Crippen LogP contribution < -0.4 is 21.0 Å². The molecular weight excluding hydrogens is 753 g/mol. The molecule has 2 saturated heterocycles. The highest BCUT2D eigenvalue weighted by molar-refractivity contribution is 6.47. The molecule has 0 aliphatic carbocycles. The number of urea groups is 2. The van der Waals surface area contributed by atoms with Crippen LogP contribution in [0.3, 0.4) is 0 Å². The minimum absolute atomic E-state index is 0.0927. The average Bonchev–Trinajstić information content (AvgIpc) is 3.55. The Kier molecular flexibility index (Phi) is 10.9. The first kappa shape index (κ1) is 38.9. The molecule has 17 nitrogen and oxygen atoms in total. The Hall–Kier alpha value is -5.86. The molecule has 6 rings (SSSR count). The standard InChI is InChI=1S/C34H34BClF2N6O11/c36-25-19(13-21(38)27(46)28(25)47)26(30(48)40-23-12-15-3-4-20(37)24(32(50)51)29(15)55-35(23)54)41-33(52)44-10-9-43(34(44)53)18-5-7-42(8-6-18)31(49)16-1-2-17(14-39)22(45)11-16/h1-4,11,13,18,23,26,45-47,54H,5-10,12,14,39H2,(H,40,48)(H,41,52)(H,50,51)/t23-,26?/m0/s1. The van der Waals surface area contributed by atoms with E-state index in [0.717, 1.165) is 11.0 Å². The van der Waals surface area contributed by atoms with Crippen molar-refractivity contribution in [1.82, 2.24) is 25.3 Å². The number of nitrogens with zero attached hydrogens (tertiary/aromatic N) is 3. The lowest BCUT2D eigenvalue weighted by atomic mass is 9.72. The van der Waals surface area contributed by atoms with E-state index in [4.69, 9.17) is 22.0 Å². The highest BCUT2D eigenvalue weighted by Crippen LogP contribution is 2.41. The Morgan fingerprint density at radius 1 is 1.00 bits per heavy atom. The number of amides is 6. The number of phenolic OH excluding ortho intramolecular Hbond substituents is 3. The Balaban J connectivity index is 1.16. The fraction of sp³-hybridized carbons (Fsp3) is 0.324. The highest BCUT2D eigenvalue weighted by atomic mass is 35.5. The van der Waals surface area contributed by atoms with Crippen molar-refractivity contribution in [2.24, 2.45) is 5.73 Å². The van der Waals surface area contributed by atoms with Crippen LogP contribution in [0, 0.1) is 11.6 Å². The van der Waals surface area contributed by atoms with Crippen LogP contribution in [0.2, 0.25) is 5.02 Å². The fourth-order valence-electron chi connectivity index (χ4n) is 6.86. The Morgan fingerprint density at radius 3 is 2.36 bits per heavy atom. The molecule has 6 amide bonds. The molecule has 21 heteroatoms. The summed E-state index contributed by atoms with van der Waals surface area (Å²) in [6.45, 7) is 0.591. The van der Waals surface area contributed by atoms with Gasteiger partial charge in [0.15, 0.2) is 17.3 Å². The molecule has 3 aliphatic heterocycles. The summed E-state index contributed by atoms with van der Waals surface area (Å²) in [5, 5.41) is 54.3. The van der Waals surface area contributed by atoms with Gasteiger partial charge in [0.2, 0.25) is 5.91 Å². The number of aromatic hydroxyl groups is 3. The third-order valence-corrected chi connectivity index (χ3v) is 10.2. The molecule has 0 aromatic heterocycles. The van der Waals surface area contributed by atoms with E-state index in [0.29, 0.717) is 24.5 Å². The van der Waals surface area contributed by atoms with Crippen molar-refractivity contribution in [1.29, 1.82) is 0 Å². The van der Waals surface area contributed by atoms with Gasteiger partial charge in [-0.1, -0.05) is 23.7 Å². The number of nitrogens with two attached hydrogens (primary N) is 1. The number of piperidine rings is 1. The number of fused-ring (bicyclic) bond motifs is 1. The zero-order chi connectivity index (χ0) is 39.9. The van der Waals surface area contributed by atoms with Crippen LogP contribution in [0.5, 0.6) is 23.0 Å². The van der Waals surface area contributed by atoms with Crippen LogP contribution in [0.25, 0.3) is 0 Å². The van der Waals surface area contributed by atoms with Crippen molar-refractivity contribution in [2.75, 3.05) is 26.2 Å². The summed E-state index contributed by atoms with van der Waals surface area (Å²) in [4.78, 5) is 69.5. The summed E-state index contributed by atoms with van der Waals surface area (Å²) in [5.74, 6) is -10.0. The van der Waals surface area contributed by atoms with Gasteiger partial charge >= 0.3 is 25.1 Å². The molecule has 0 spiro atoms. The minimum Gasteiger partial charge on any atom is -0.534 e. The first-order valence-corrected chi connectivity index (χ1v) is 17.3. The smallest absolute Gasteiger partial charge is 0.534 e. The van der Waals surface area contributed by atoms with Crippen molar-refractivity contribution in [3.05, 3.63) is 80.9 Å². The maximum absolute atomic E-state index is 14.7. The van der Waals surface area contributed by atoms with Gasteiger partial charge in [0.25, 0.3) is 5.91 Å². The second kappa shape index (κ2) is 15.5. The normalized spacial score (nSPS) is 17.8. The number of carbonyl (C=O) groups is 5. The predicted molar refractivity (Wildman–Crippen MR) is 187 cm³/mol. The summed E-state index contributed by atoms with van der Waals surface area (Å²) >= 11 is 6.19. The predicted octanol–water partition coefficient (Wildman–Crippen LogP) is 1.82. The zero-order valence-corrected chi connectivity index (χ0v) is 29.4. The van der Waals surface area contributed by atoms with Gasteiger partial charge in [0, 0.05) is 55.5 Å². The number of likely N-dealkylation sites (tertiary alicyclic amines) is 1. The van der Waals surface area contributed by atoms with E-state index in [1.54, 1.807) is 17.0 Å². The molecule has 2 atom stereocenters. The topological polar surface area (TPSA) is 256 Å². The van der Waals surface area contributed by atoms with Crippen molar-refractivity contribution in [3.63, 3.8) is 0 Å². The molecule has 0 saturated carbocycles. The minimum atomic E-state index is -1.97. The lowest BCUT2D eigenvalue weighted by Crippen LogP contribution is -2.56. The van der Waals surface area contributed by atoms with E-state index in [9.17, 15) is 58.2 Å².